The summed E-state index contributed by atoms with van der Waals surface area (Å²) in [7, 11) is 1.90. The van der Waals surface area contributed by atoms with Crippen molar-refractivity contribution >= 4 is 17.6 Å². The highest BCUT2D eigenvalue weighted by Gasteiger charge is 2.02. The predicted octanol–water partition coefficient (Wildman–Crippen LogP) is 1.79. The maximum Gasteiger partial charge on any atom is 0.130 e. The highest BCUT2D eigenvalue weighted by molar-refractivity contribution is 7.99. The normalized spacial score (nSPS) is 10.4. The van der Waals surface area contributed by atoms with Gasteiger partial charge < -0.3 is 5.32 Å². The number of aryl methyl sites for hydroxylation is 1. The highest BCUT2D eigenvalue weighted by atomic mass is 32.2. The summed E-state index contributed by atoms with van der Waals surface area (Å²) in [6.07, 6.45) is 5.34. The third-order valence-corrected chi connectivity index (χ3v) is 2.78. The number of nitrogens with zero attached hydrogens (tertiary/aromatic N) is 4. The number of rotatable bonds is 4. The van der Waals surface area contributed by atoms with E-state index < -0.39 is 0 Å². The molecule has 6 heteroatoms. The van der Waals surface area contributed by atoms with E-state index in [4.69, 9.17) is 0 Å². The zero-order valence-electron chi connectivity index (χ0n) is 9.21. The zero-order chi connectivity index (χ0) is 11.4. The molecule has 1 N–H and O–H groups in total. The summed E-state index contributed by atoms with van der Waals surface area (Å²) >= 11 is 1.57. The Labute approximate surface area is 98.3 Å². The fourth-order valence-corrected chi connectivity index (χ4v) is 2.06. The topological polar surface area (TPSA) is 55.6 Å². The van der Waals surface area contributed by atoms with Gasteiger partial charge in [0.25, 0.3) is 0 Å². The summed E-state index contributed by atoms with van der Waals surface area (Å²) in [5.41, 5.74) is 0. The largest absolute Gasteiger partial charge is 0.370 e. The van der Waals surface area contributed by atoms with Crippen LogP contribution in [0.3, 0.4) is 0 Å². The summed E-state index contributed by atoms with van der Waals surface area (Å²) in [5, 5.41) is 8.18. The van der Waals surface area contributed by atoms with Gasteiger partial charge in [-0.25, -0.2) is 9.97 Å². The van der Waals surface area contributed by atoms with Gasteiger partial charge in [-0.05, 0) is 6.92 Å². The molecule has 0 unspecified atom stereocenters. The van der Waals surface area contributed by atoms with Crippen LogP contribution >= 0.6 is 11.8 Å². The Balaban J connectivity index is 2.12. The van der Waals surface area contributed by atoms with Crippen LogP contribution in [0.25, 0.3) is 0 Å². The minimum atomic E-state index is 0.851. The molecular formula is C10H13N5S. The second-order valence-electron chi connectivity index (χ2n) is 3.22. The second kappa shape index (κ2) is 4.98. The van der Waals surface area contributed by atoms with Crippen molar-refractivity contribution in [3.63, 3.8) is 0 Å². The third kappa shape index (κ3) is 2.73. The van der Waals surface area contributed by atoms with Crippen molar-refractivity contribution in [3.05, 3.63) is 24.8 Å². The first-order valence-corrected chi connectivity index (χ1v) is 5.82. The molecule has 0 saturated heterocycles. The molecule has 2 rings (SSSR count). The molecule has 0 bridgehead atoms. The fourth-order valence-electron chi connectivity index (χ4n) is 1.25. The van der Waals surface area contributed by atoms with Crippen LogP contribution in [0.1, 0.15) is 6.92 Å². The highest BCUT2D eigenvalue weighted by Crippen LogP contribution is 2.25. The average Bonchev–Trinajstić information content (AvgIpc) is 2.65. The quantitative estimate of drug-likeness (QED) is 0.819. The lowest BCUT2D eigenvalue weighted by Crippen LogP contribution is -1.99. The van der Waals surface area contributed by atoms with Crippen molar-refractivity contribution in [2.45, 2.75) is 16.8 Å². The van der Waals surface area contributed by atoms with Gasteiger partial charge in [-0.1, -0.05) is 11.8 Å². The van der Waals surface area contributed by atoms with Gasteiger partial charge >= 0.3 is 0 Å². The average molecular weight is 235 g/mol. The molecule has 0 radical (unpaired) electrons. The Morgan fingerprint density at radius 1 is 1.44 bits per heavy atom. The zero-order valence-corrected chi connectivity index (χ0v) is 10.0. The Kier molecular flexibility index (Phi) is 3.40. The van der Waals surface area contributed by atoms with Crippen molar-refractivity contribution in [1.29, 1.82) is 0 Å². The smallest absolute Gasteiger partial charge is 0.130 e. The van der Waals surface area contributed by atoms with Gasteiger partial charge in [0.15, 0.2) is 0 Å². The Hall–Kier alpha value is -1.56. The van der Waals surface area contributed by atoms with Crippen LogP contribution in [0.2, 0.25) is 0 Å². The number of anilines is 1. The van der Waals surface area contributed by atoms with Crippen LogP contribution in [0.4, 0.5) is 5.82 Å². The van der Waals surface area contributed by atoms with E-state index in [-0.39, 0.29) is 0 Å². The fraction of sp³-hybridized carbons (Fsp3) is 0.300. The van der Waals surface area contributed by atoms with Gasteiger partial charge in [-0.2, -0.15) is 5.10 Å². The van der Waals surface area contributed by atoms with E-state index in [1.165, 1.54) is 0 Å². The van der Waals surface area contributed by atoms with Gasteiger partial charge in [0.1, 0.15) is 17.2 Å². The SMILES string of the molecule is CCNc1cc(Sc2cnn(C)c2)ncn1. The van der Waals surface area contributed by atoms with Gasteiger partial charge in [0.2, 0.25) is 0 Å². The van der Waals surface area contributed by atoms with E-state index >= 15 is 0 Å². The summed E-state index contributed by atoms with van der Waals surface area (Å²) < 4.78 is 1.77. The Morgan fingerprint density at radius 2 is 2.31 bits per heavy atom. The maximum atomic E-state index is 4.20. The molecule has 0 aliphatic carbocycles. The Morgan fingerprint density at radius 3 is 3.00 bits per heavy atom. The van der Waals surface area contributed by atoms with Crippen molar-refractivity contribution in [2.75, 3.05) is 11.9 Å². The lowest BCUT2D eigenvalue weighted by Gasteiger charge is -2.02. The molecule has 2 aromatic rings. The van der Waals surface area contributed by atoms with E-state index in [9.17, 15) is 0 Å². The first kappa shape index (κ1) is 10.9. The molecule has 0 amide bonds. The first-order chi connectivity index (χ1) is 7.78. The number of hydrogen-bond acceptors (Lipinski definition) is 5. The number of nitrogens with one attached hydrogen (secondary N) is 1. The summed E-state index contributed by atoms with van der Waals surface area (Å²) in [6.45, 7) is 2.89. The van der Waals surface area contributed by atoms with Gasteiger partial charge in [-0.3, -0.25) is 4.68 Å². The molecule has 0 saturated carbocycles. The molecule has 5 nitrogen and oxygen atoms in total. The van der Waals surface area contributed by atoms with Crippen molar-refractivity contribution in [2.24, 2.45) is 7.05 Å². The molecule has 2 aromatic heterocycles. The molecule has 16 heavy (non-hydrogen) atoms. The molecular weight excluding hydrogens is 222 g/mol. The van der Waals surface area contributed by atoms with Gasteiger partial charge in [-0.15, -0.1) is 0 Å². The lowest BCUT2D eigenvalue weighted by molar-refractivity contribution is 0.766. The molecule has 84 valence electrons. The monoisotopic (exact) mass is 235 g/mol. The molecule has 0 aliphatic heterocycles. The van der Waals surface area contributed by atoms with E-state index in [1.807, 2.05) is 32.4 Å². The molecule has 0 fully saturated rings. The summed E-state index contributed by atoms with van der Waals surface area (Å²) in [6, 6.07) is 1.93. The summed E-state index contributed by atoms with van der Waals surface area (Å²) in [4.78, 5) is 9.39. The van der Waals surface area contributed by atoms with Crippen molar-refractivity contribution in [1.82, 2.24) is 19.7 Å². The van der Waals surface area contributed by atoms with Crippen LogP contribution in [0.5, 0.6) is 0 Å². The third-order valence-electron chi connectivity index (χ3n) is 1.90. The number of aromatic nitrogens is 4. The van der Waals surface area contributed by atoms with Crippen LogP contribution < -0.4 is 5.32 Å². The first-order valence-electron chi connectivity index (χ1n) is 5.00. The van der Waals surface area contributed by atoms with E-state index in [0.717, 1.165) is 22.3 Å². The molecule has 2 heterocycles. The van der Waals surface area contributed by atoms with Crippen molar-refractivity contribution in [3.8, 4) is 0 Å². The van der Waals surface area contributed by atoms with Crippen LogP contribution in [0.15, 0.2) is 34.7 Å². The second-order valence-corrected chi connectivity index (χ2v) is 4.32. The number of hydrogen-bond donors (Lipinski definition) is 1. The van der Waals surface area contributed by atoms with Crippen molar-refractivity contribution < 1.29 is 0 Å². The van der Waals surface area contributed by atoms with Crippen LogP contribution in [-0.4, -0.2) is 26.3 Å². The molecule has 0 atom stereocenters. The molecule has 0 spiro atoms. The Bertz CT molecular complexity index is 468. The molecule has 0 aliphatic rings. The van der Waals surface area contributed by atoms with Crippen LogP contribution in [0, 0.1) is 0 Å². The van der Waals surface area contributed by atoms with Crippen LogP contribution in [-0.2, 0) is 7.05 Å². The van der Waals surface area contributed by atoms with E-state index in [2.05, 4.69) is 20.4 Å². The van der Waals surface area contributed by atoms with Gasteiger partial charge in [0.05, 0.1) is 11.1 Å². The predicted molar refractivity (Wildman–Crippen MR) is 63.5 cm³/mol. The molecule has 0 aromatic carbocycles. The maximum absolute atomic E-state index is 4.20. The van der Waals surface area contributed by atoms with E-state index in [1.54, 1.807) is 22.8 Å². The standard InChI is InChI=1S/C10H13N5S/c1-3-11-9-4-10(13-7-12-9)16-8-5-14-15(2)6-8/h4-7H,3H2,1-2H3,(H,11,12,13). The van der Waals surface area contributed by atoms with Gasteiger partial charge in [0, 0.05) is 25.9 Å². The minimum absolute atomic E-state index is 0.851. The lowest BCUT2D eigenvalue weighted by atomic mass is 10.5. The van der Waals surface area contributed by atoms with E-state index in [0.29, 0.717) is 0 Å². The minimum Gasteiger partial charge on any atom is -0.370 e. The summed E-state index contributed by atoms with van der Waals surface area (Å²) in [5.74, 6) is 0.851.